The highest BCUT2D eigenvalue weighted by molar-refractivity contribution is 7.99. The summed E-state index contributed by atoms with van der Waals surface area (Å²) in [6.45, 7) is 3.18. The molecule has 2 rings (SSSR count). The third-order valence-corrected chi connectivity index (χ3v) is 3.50. The first-order chi connectivity index (χ1) is 7.27. The van der Waals surface area contributed by atoms with Crippen molar-refractivity contribution in [2.24, 2.45) is 7.05 Å². The Labute approximate surface area is 94.1 Å². The minimum atomic E-state index is 1.05. The van der Waals surface area contributed by atoms with Crippen LogP contribution in [-0.2, 0) is 13.6 Å². The van der Waals surface area contributed by atoms with Crippen LogP contribution in [0.25, 0.3) is 0 Å². The average molecular weight is 221 g/mol. The summed E-state index contributed by atoms with van der Waals surface area (Å²) in [7, 11) is 1.98. The quantitative estimate of drug-likeness (QED) is 0.739. The summed E-state index contributed by atoms with van der Waals surface area (Å²) >= 11 is 1.84. The molecule has 80 valence electrons. The van der Waals surface area contributed by atoms with Gasteiger partial charge in [-0.2, -0.15) is 5.10 Å². The summed E-state index contributed by atoms with van der Waals surface area (Å²) in [5.74, 6) is 1.08. The monoisotopic (exact) mass is 221 g/mol. The van der Waals surface area contributed by atoms with Gasteiger partial charge in [-0.1, -0.05) is 0 Å². The predicted molar refractivity (Wildman–Crippen MR) is 63.1 cm³/mol. The molecular formula is C11H15N3S. The topological polar surface area (TPSA) is 22.8 Å². The lowest BCUT2D eigenvalue weighted by atomic mass is 10.5. The maximum absolute atomic E-state index is 4.14. The lowest BCUT2D eigenvalue weighted by molar-refractivity contribution is 0.695. The van der Waals surface area contributed by atoms with Crippen LogP contribution < -0.4 is 0 Å². The zero-order chi connectivity index (χ0) is 10.7. The average Bonchev–Trinajstić information content (AvgIpc) is 2.78. The molecule has 2 aromatic heterocycles. The van der Waals surface area contributed by atoms with Crippen molar-refractivity contribution in [3.63, 3.8) is 0 Å². The molecule has 0 bridgehead atoms. The lowest BCUT2D eigenvalue weighted by Gasteiger charge is -2.05. The van der Waals surface area contributed by atoms with Gasteiger partial charge in [0.1, 0.15) is 0 Å². The van der Waals surface area contributed by atoms with Gasteiger partial charge < -0.3 is 4.57 Å². The first kappa shape index (κ1) is 10.4. The molecular weight excluding hydrogens is 206 g/mol. The lowest BCUT2D eigenvalue weighted by Crippen LogP contribution is -2.01. The number of hydrogen-bond acceptors (Lipinski definition) is 2. The molecule has 3 nitrogen and oxygen atoms in total. The van der Waals surface area contributed by atoms with Crippen molar-refractivity contribution in [1.29, 1.82) is 0 Å². The van der Waals surface area contributed by atoms with E-state index in [-0.39, 0.29) is 0 Å². The van der Waals surface area contributed by atoms with Gasteiger partial charge in [-0.3, -0.25) is 4.68 Å². The molecule has 0 N–H and O–H groups in total. The SMILES string of the molecule is Cc1cccn1CCSc1ccnn1C. The molecule has 0 spiro atoms. The van der Waals surface area contributed by atoms with E-state index in [1.807, 2.05) is 35.8 Å². The van der Waals surface area contributed by atoms with E-state index in [4.69, 9.17) is 0 Å². The van der Waals surface area contributed by atoms with Crippen molar-refractivity contribution in [2.45, 2.75) is 18.5 Å². The Morgan fingerprint density at radius 3 is 2.87 bits per heavy atom. The summed E-state index contributed by atoms with van der Waals surface area (Å²) in [5, 5.41) is 5.36. The maximum Gasteiger partial charge on any atom is 0.0937 e. The zero-order valence-electron chi connectivity index (χ0n) is 9.05. The van der Waals surface area contributed by atoms with E-state index in [0.29, 0.717) is 0 Å². The van der Waals surface area contributed by atoms with Crippen LogP contribution in [0, 0.1) is 6.92 Å². The number of hydrogen-bond donors (Lipinski definition) is 0. The van der Waals surface area contributed by atoms with Crippen LogP contribution in [0.1, 0.15) is 5.69 Å². The van der Waals surface area contributed by atoms with Crippen LogP contribution >= 0.6 is 11.8 Å². The third-order valence-electron chi connectivity index (χ3n) is 2.41. The summed E-state index contributed by atoms with van der Waals surface area (Å²) < 4.78 is 4.18. The van der Waals surface area contributed by atoms with Crippen molar-refractivity contribution in [3.05, 3.63) is 36.3 Å². The molecule has 2 aromatic rings. The van der Waals surface area contributed by atoms with Gasteiger partial charge >= 0.3 is 0 Å². The highest BCUT2D eigenvalue weighted by atomic mass is 32.2. The van der Waals surface area contributed by atoms with Gasteiger partial charge in [0.05, 0.1) is 11.2 Å². The molecule has 0 saturated carbocycles. The summed E-state index contributed by atoms with van der Waals surface area (Å²) in [4.78, 5) is 0. The molecule has 0 radical (unpaired) electrons. The molecule has 0 fully saturated rings. The Kier molecular flexibility index (Phi) is 3.16. The minimum absolute atomic E-state index is 1.05. The standard InChI is InChI=1S/C11H15N3S/c1-10-4-3-7-14(10)8-9-15-11-5-6-12-13(11)2/h3-7H,8-9H2,1-2H3. The Morgan fingerprint density at radius 1 is 1.40 bits per heavy atom. The van der Waals surface area contributed by atoms with Crippen molar-refractivity contribution in [1.82, 2.24) is 14.3 Å². The summed E-state index contributed by atoms with van der Waals surface area (Å²) in [5.41, 5.74) is 1.32. The molecule has 0 aromatic carbocycles. The van der Waals surface area contributed by atoms with Crippen molar-refractivity contribution in [2.75, 3.05) is 5.75 Å². The zero-order valence-corrected chi connectivity index (χ0v) is 9.87. The van der Waals surface area contributed by atoms with E-state index >= 15 is 0 Å². The van der Waals surface area contributed by atoms with E-state index in [0.717, 1.165) is 12.3 Å². The van der Waals surface area contributed by atoms with Gasteiger partial charge in [-0.15, -0.1) is 11.8 Å². The van der Waals surface area contributed by atoms with Gasteiger partial charge in [-0.25, -0.2) is 0 Å². The molecule has 0 aliphatic rings. The fraction of sp³-hybridized carbons (Fsp3) is 0.364. The molecule has 15 heavy (non-hydrogen) atoms. The van der Waals surface area contributed by atoms with Crippen molar-refractivity contribution < 1.29 is 0 Å². The van der Waals surface area contributed by atoms with Crippen LogP contribution in [0.2, 0.25) is 0 Å². The van der Waals surface area contributed by atoms with Gasteiger partial charge in [0.15, 0.2) is 0 Å². The maximum atomic E-state index is 4.14. The van der Waals surface area contributed by atoms with Crippen molar-refractivity contribution >= 4 is 11.8 Å². The Hall–Kier alpha value is -1.16. The molecule has 4 heteroatoms. The van der Waals surface area contributed by atoms with Crippen LogP contribution in [0.4, 0.5) is 0 Å². The number of nitrogens with zero attached hydrogens (tertiary/aromatic N) is 3. The normalized spacial score (nSPS) is 10.8. The van der Waals surface area contributed by atoms with E-state index in [9.17, 15) is 0 Å². The number of thioether (sulfide) groups is 1. The van der Waals surface area contributed by atoms with Crippen LogP contribution in [0.15, 0.2) is 35.6 Å². The highest BCUT2D eigenvalue weighted by Crippen LogP contribution is 2.16. The number of aryl methyl sites for hydroxylation is 3. The Bertz CT molecular complexity index is 390. The first-order valence-corrected chi connectivity index (χ1v) is 5.98. The fourth-order valence-electron chi connectivity index (χ4n) is 1.50. The minimum Gasteiger partial charge on any atom is -0.351 e. The smallest absolute Gasteiger partial charge is 0.0937 e. The molecule has 0 aliphatic heterocycles. The Morgan fingerprint density at radius 2 is 2.27 bits per heavy atom. The fourth-order valence-corrected chi connectivity index (χ4v) is 2.39. The van der Waals surface area contributed by atoms with Gasteiger partial charge in [0.2, 0.25) is 0 Å². The molecule has 2 heterocycles. The first-order valence-electron chi connectivity index (χ1n) is 5.00. The predicted octanol–water partition coefficient (Wildman–Crippen LogP) is 2.32. The summed E-state index contributed by atoms with van der Waals surface area (Å²) in [6, 6.07) is 6.27. The molecule has 0 aliphatic carbocycles. The second kappa shape index (κ2) is 4.57. The van der Waals surface area contributed by atoms with E-state index in [2.05, 4.69) is 34.9 Å². The number of aromatic nitrogens is 3. The van der Waals surface area contributed by atoms with Crippen LogP contribution in [0.5, 0.6) is 0 Å². The van der Waals surface area contributed by atoms with E-state index in [1.54, 1.807) is 0 Å². The molecule has 0 amide bonds. The number of rotatable bonds is 4. The highest BCUT2D eigenvalue weighted by Gasteiger charge is 1.99. The van der Waals surface area contributed by atoms with E-state index in [1.165, 1.54) is 10.7 Å². The van der Waals surface area contributed by atoms with Crippen molar-refractivity contribution in [3.8, 4) is 0 Å². The second-order valence-corrected chi connectivity index (χ2v) is 4.60. The summed E-state index contributed by atoms with van der Waals surface area (Å²) in [6.07, 6.45) is 3.96. The Balaban J connectivity index is 1.86. The van der Waals surface area contributed by atoms with Crippen LogP contribution in [-0.4, -0.2) is 20.1 Å². The molecule has 0 unspecified atom stereocenters. The van der Waals surface area contributed by atoms with Crippen LogP contribution in [0.3, 0.4) is 0 Å². The largest absolute Gasteiger partial charge is 0.351 e. The van der Waals surface area contributed by atoms with Gasteiger partial charge in [0, 0.05) is 31.2 Å². The van der Waals surface area contributed by atoms with Gasteiger partial charge in [0.25, 0.3) is 0 Å². The molecule has 0 atom stereocenters. The third kappa shape index (κ3) is 2.45. The molecule has 0 saturated heterocycles. The van der Waals surface area contributed by atoms with E-state index < -0.39 is 0 Å². The second-order valence-electron chi connectivity index (χ2n) is 3.48. The van der Waals surface area contributed by atoms with Gasteiger partial charge in [-0.05, 0) is 25.1 Å².